The summed E-state index contributed by atoms with van der Waals surface area (Å²) in [6.45, 7) is 0. The van der Waals surface area contributed by atoms with Crippen LogP contribution in [-0.4, -0.2) is 18.1 Å². The maximum atomic E-state index is 13.9. The third-order valence-corrected chi connectivity index (χ3v) is 3.21. The summed E-state index contributed by atoms with van der Waals surface area (Å²) in [4.78, 5) is 12.3. The summed E-state index contributed by atoms with van der Waals surface area (Å²) in [5, 5.41) is 9.22. The quantitative estimate of drug-likeness (QED) is 0.854. The molecule has 0 unspecified atom stereocenters. The number of aliphatic carboxylic acids is 1. The van der Waals surface area contributed by atoms with Crippen LogP contribution in [0.3, 0.4) is 0 Å². The number of hydrogen-bond donors (Lipinski definition) is 1. The topological polar surface area (TPSA) is 40.5 Å². The Morgan fingerprint density at radius 1 is 1.24 bits per heavy atom. The zero-order valence-electron chi connectivity index (χ0n) is 11.3. The lowest BCUT2D eigenvalue weighted by molar-refractivity contribution is -0.131. The molecule has 0 fully saturated rings. The van der Waals surface area contributed by atoms with E-state index in [1.165, 1.54) is 12.1 Å². The van der Waals surface area contributed by atoms with Crippen LogP contribution in [0.5, 0.6) is 0 Å². The first-order valence-corrected chi connectivity index (χ1v) is 6.55. The van der Waals surface area contributed by atoms with Crippen molar-refractivity contribution in [2.45, 2.75) is 0 Å². The average Bonchev–Trinajstić information content (AvgIpc) is 2.45. The van der Waals surface area contributed by atoms with Crippen LogP contribution in [0.25, 0.3) is 6.08 Å². The summed E-state index contributed by atoms with van der Waals surface area (Å²) in [7, 11) is 1.71. The SMILES string of the molecule is CN(c1ccccc1F)c1ccc(Cl)cc1/C=C/C(=O)O. The third-order valence-electron chi connectivity index (χ3n) is 2.97. The molecule has 0 saturated carbocycles. The van der Waals surface area contributed by atoms with Crippen LogP contribution in [0.2, 0.25) is 5.02 Å². The summed E-state index contributed by atoms with van der Waals surface area (Å²) < 4.78 is 13.9. The maximum Gasteiger partial charge on any atom is 0.328 e. The largest absolute Gasteiger partial charge is 0.478 e. The Kier molecular flexibility index (Phi) is 4.60. The van der Waals surface area contributed by atoms with Gasteiger partial charge in [0, 0.05) is 23.8 Å². The Hall–Kier alpha value is -2.33. The molecule has 0 radical (unpaired) electrons. The highest BCUT2D eigenvalue weighted by atomic mass is 35.5. The number of nitrogens with zero attached hydrogens (tertiary/aromatic N) is 1. The number of hydrogen-bond acceptors (Lipinski definition) is 2. The van der Waals surface area contributed by atoms with E-state index < -0.39 is 5.97 Å². The van der Waals surface area contributed by atoms with E-state index in [0.717, 1.165) is 6.08 Å². The molecule has 1 N–H and O–H groups in total. The van der Waals surface area contributed by atoms with E-state index in [1.54, 1.807) is 48.3 Å². The van der Waals surface area contributed by atoms with Gasteiger partial charge in [-0.1, -0.05) is 23.7 Å². The highest BCUT2D eigenvalue weighted by Crippen LogP contribution is 2.31. The molecule has 0 aliphatic rings. The Balaban J connectivity index is 2.48. The van der Waals surface area contributed by atoms with Crippen molar-refractivity contribution in [1.29, 1.82) is 0 Å². The summed E-state index contributed by atoms with van der Waals surface area (Å²) >= 11 is 5.94. The van der Waals surface area contributed by atoms with Gasteiger partial charge in [-0.05, 0) is 42.0 Å². The summed E-state index contributed by atoms with van der Waals surface area (Å²) in [6.07, 6.45) is 2.45. The van der Waals surface area contributed by atoms with Gasteiger partial charge in [0.15, 0.2) is 0 Å². The van der Waals surface area contributed by atoms with E-state index >= 15 is 0 Å². The molecule has 2 aromatic rings. The van der Waals surface area contributed by atoms with Crippen molar-refractivity contribution < 1.29 is 14.3 Å². The zero-order valence-corrected chi connectivity index (χ0v) is 12.0. The number of carbonyl (C=O) groups is 1. The molecule has 0 atom stereocenters. The predicted molar refractivity (Wildman–Crippen MR) is 82.6 cm³/mol. The molecule has 3 nitrogen and oxygen atoms in total. The van der Waals surface area contributed by atoms with Crippen LogP contribution >= 0.6 is 11.6 Å². The van der Waals surface area contributed by atoms with Gasteiger partial charge in [0.1, 0.15) is 5.82 Å². The molecule has 0 aliphatic heterocycles. The van der Waals surface area contributed by atoms with Crippen molar-refractivity contribution in [2.24, 2.45) is 0 Å². The van der Waals surface area contributed by atoms with E-state index in [4.69, 9.17) is 16.7 Å². The predicted octanol–water partition coefficient (Wildman–Crippen LogP) is 4.34. The van der Waals surface area contributed by atoms with Gasteiger partial charge in [-0.3, -0.25) is 0 Å². The number of anilines is 2. The molecule has 5 heteroatoms. The van der Waals surface area contributed by atoms with Crippen molar-refractivity contribution in [3.63, 3.8) is 0 Å². The van der Waals surface area contributed by atoms with Crippen molar-refractivity contribution >= 4 is 35.0 Å². The Bertz CT molecular complexity index is 700. The third kappa shape index (κ3) is 3.61. The van der Waals surface area contributed by atoms with Gasteiger partial charge in [0.2, 0.25) is 0 Å². The van der Waals surface area contributed by atoms with E-state index in [-0.39, 0.29) is 5.82 Å². The lowest BCUT2D eigenvalue weighted by atomic mass is 10.1. The fraction of sp³-hybridized carbons (Fsp3) is 0.0625. The Morgan fingerprint density at radius 3 is 2.62 bits per heavy atom. The normalized spacial score (nSPS) is 10.8. The van der Waals surface area contributed by atoms with Gasteiger partial charge in [-0.15, -0.1) is 0 Å². The number of benzene rings is 2. The van der Waals surface area contributed by atoms with Crippen LogP contribution in [0.1, 0.15) is 5.56 Å². The van der Waals surface area contributed by atoms with E-state index in [9.17, 15) is 9.18 Å². The molecule has 0 amide bonds. The first-order chi connectivity index (χ1) is 9.99. The van der Waals surface area contributed by atoms with Crippen LogP contribution in [0, 0.1) is 5.82 Å². The minimum Gasteiger partial charge on any atom is -0.478 e. The molecule has 2 aromatic carbocycles. The first kappa shape index (κ1) is 15.1. The number of carboxylic acids is 1. The van der Waals surface area contributed by atoms with Crippen LogP contribution in [0.15, 0.2) is 48.5 Å². The van der Waals surface area contributed by atoms with Crippen molar-refractivity contribution in [3.8, 4) is 0 Å². The molecule has 21 heavy (non-hydrogen) atoms. The number of carboxylic acid groups (broad SMARTS) is 1. The molecule has 0 aromatic heterocycles. The summed E-state index contributed by atoms with van der Waals surface area (Å²) in [5.41, 5.74) is 1.64. The van der Waals surface area contributed by atoms with Crippen LogP contribution in [-0.2, 0) is 4.79 Å². The number of rotatable bonds is 4. The second-order valence-corrected chi connectivity index (χ2v) is 4.82. The number of halogens is 2. The standard InChI is InChI=1S/C16H13ClFNO2/c1-19(15-5-3-2-4-13(15)18)14-8-7-12(17)10-11(14)6-9-16(20)21/h2-10H,1H3,(H,20,21)/b9-6+. The molecule has 0 aliphatic carbocycles. The zero-order chi connectivity index (χ0) is 15.4. The second-order valence-electron chi connectivity index (χ2n) is 4.39. The lowest BCUT2D eigenvalue weighted by Gasteiger charge is -2.22. The summed E-state index contributed by atoms with van der Waals surface area (Å²) in [6, 6.07) is 11.4. The van der Waals surface area contributed by atoms with Crippen LogP contribution < -0.4 is 4.90 Å². The molecular weight excluding hydrogens is 293 g/mol. The van der Waals surface area contributed by atoms with Gasteiger partial charge >= 0.3 is 5.97 Å². The fourth-order valence-electron chi connectivity index (χ4n) is 1.98. The van der Waals surface area contributed by atoms with E-state index in [0.29, 0.717) is 22.0 Å². The fourth-order valence-corrected chi connectivity index (χ4v) is 2.16. The van der Waals surface area contributed by atoms with Gasteiger partial charge in [0.25, 0.3) is 0 Å². The highest BCUT2D eigenvalue weighted by molar-refractivity contribution is 6.30. The van der Waals surface area contributed by atoms with Crippen molar-refractivity contribution in [2.75, 3.05) is 11.9 Å². The Morgan fingerprint density at radius 2 is 1.95 bits per heavy atom. The first-order valence-electron chi connectivity index (χ1n) is 6.18. The Labute approximate surface area is 126 Å². The van der Waals surface area contributed by atoms with Crippen molar-refractivity contribution in [1.82, 2.24) is 0 Å². The van der Waals surface area contributed by atoms with Gasteiger partial charge < -0.3 is 10.0 Å². The van der Waals surface area contributed by atoms with E-state index in [2.05, 4.69) is 0 Å². The van der Waals surface area contributed by atoms with E-state index in [1.807, 2.05) is 0 Å². The maximum absolute atomic E-state index is 13.9. The molecule has 0 bridgehead atoms. The monoisotopic (exact) mass is 305 g/mol. The second kappa shape index (κ2) is 6.41. The highest BCUT2D eigenvalue weighted by Gasteiger charge is 2.12. The molecule has 0 heterocycles. The average molecular weight is 306 g/mol. The molecular formula is C16H13ClFNO2. The molecule has 2 rings (SSSR count). The molecule has 0 saturated heterocycles. The summed E-state index contributed by atoms with van der Waals surface area (Å²) in [5.74, 6) is -1.42. The molecule has 108 valence electrons. The van der Waals surface area contributed by atoms with Crippen LogP contribution in [0.4, 0.5) is 15.8 Å². The minimum atomic E-state index is -1.06. The van der Waals surface area contributed by atoms with Gasteiger partial charge in [-0.25, -0.2) is 9.18 Å². The van der Waals surface area contributed by atoms with Gasteiger partial charge in [-0.2, -0.15) is 0 Å². The molecule has 0 spiro atoms. The van der Waals surface area contributed by atoms with Gasteiger partial charge in [0.05, 0.1) is 5.69 Å². The minimum absolute atomic E-state index is 0.358. The van der Waals surface area contributed by atoms with Crippen molar-refractivity contribution in [3.05, 3.63) is 64.9 Å². The smallest absolute Gasteiger partial charge is 0.328 e. The lowest BCUT2D eigenvalue weighted by Crippen LogP contribution is -2.12. The number of para-hydroxylation sites is 1.